The fraction of sp³-hybridized carbons (Fsp3) is 0.429. The van der Waals surface area contributed by atoms with E-state index >= 15 is 0 Å². The molecule has 0 radical (unpaired) electrons. The van der Waals surface area contributed by atoms with Crippen LogP contribution < -0.4 is 0 Å². The van der Waals surface area contributed by atoms with Crippen LogP contribution in [0.15, 0.2) is 24.3 Å². The first-order valence-corrected chi connectivity index (χ1v) is 9.73. The van der Waals surface area contributed by atoms with Gasteiger partial charge in [-0.05, 0) is 31.0 Å². The maximum absolute atomic E-state index is 12.0. The van der Waals surface area contributed by atoms with Crippen LogP contribution in [0.3, 0.4) is 0 Å². The molecule has 2 rings (SSSR count). The van der Waals surface area contributed by atoms with Crippen LogP contribution in [0.5, 0.6) is 0 Å². The van der Waals surface area contributed by atoms with Gasteiger partial charge in [-0.25, -0.2) is 14.8 Å². The van der Waals surface area contributed by atoms with Gasteiger partial charge in [0.25, 0.3) is 0 Å². The molecule has 0 saturated heterocycles. The van der Waals surface area contributed by atoms with Crippen molar-refractivity contribution in [1.82, 2.24) is 9.97 Å². The standard InChI is InChI=1S/C21H25ClN2O4/c1-4-6-7-18-23-17(16(20(22)24-18)13-19(25)28-5-2)12-14-8-10-15(11-9-14)21(26)27-3/h8-11H,4-7,12-13H2,1-3H3. The Kier molecular flexibility index (Phi) is 8.39. The molecule has 0 aliphatic carbocycles. The molecular weight excluding hydrogens is 380 g/mol. The van der Waals surface area contributed by atoms with Crippen molar-refractivity contribution in [2.24, 2.45) is 0 Å². The van der Waals surface area contributed by atoms with Crippen molar-refractivity contribution in [3.63, 3.8) is 0 Å². The summed E-state index contributed by atoms with van der Waals surface area (Å²) in [5, 5.41) is 0.287. The molecule has 0 saturated carbocycles. The molecule has 0 N–H and O–H groups in total. The van der Waals surface area contributed by atoms with Gasteiger partial charge in [0.2, 0.25) is 0 Å². The summed E-state index contributed by atoms with van der Waals surface area (Å²) >= 11 is 6.39. The van der Waals surface area contributed by atoms with E-state index in [1.165, 1.54) is 7.11 Å². The molecule has 0 atom stereocenters. The van der Waals surface area contributed by atoms with Crippen molar-refractivity contribution in [2.45, 2.75) is 46.0 Å². The number of nitrogens with zero attached hydrogens (tertiary/aromatic N) is 2. The third kappa shape index (κ3) is 6.02. The zero-order valence-electron chi connectivity index (χ0n) is 16.5. The van der Waals surface area contributed by atoms with Gasteiger partial charge in [0, 0.05) is 18.4 Å². The van der Waals surface area contributed by atoms with Crippen molar-refractivity contribution < 1.29 is 19.1 Å². The minimum Gasteiger partial charge on any atom is -0.466 e. The summed E-state index contributed by atoms with van der Waals surface area (Å²) in [4.78, 5) is 32.6. The molecule has 0 amide bonds. The van der Waals surface area contributed by atoms with Crippen LogP contribution in [0.25, 0.3) is 0 Å². The lowest BCUT2D eigenvalue weighted by atomic mass is 10.0. The fourth-order valence-corrected chi connectivity index (χ4v) is 3.02. The first-order valence-electron chi connectivity index (χ1n) is 9.35. The number of esters is 2. The zero-order valence-corrected chi connectivity index (χ0v) is 17.2. The van der Waals surface area contributed by atoms with Gasteiger partial charge in [0.15, 0.2) is 0 Å². The van der Waals surface area contributed by atoms with Gasteiger partial charge in [-0.3, -0.25) is 4.79 Å². The van der Waals surface area contributed by atoms with E-state index in [1.54, 1.807) is 19.1 Å². The number of rotatable bonds is 9. The Bertz CT molecular complexity index is 822. The average molecular weight is 405 g/mol. The van der Waals surface area contributed by atoms with Crippen LogP contribution in [0.2, 0.25) is 5.15 Å². The second kappa shape index (κ2) is 10.8. The van der Waals surface area contributed by atoms with Crippen LogP contribution in [0.4, 0.5) is 0 Å². The van der Waals surface area contributed by atoms with E-state index in [1.807, 2.05) is 12.1 Å². The highest BCUT2D eigenvalue weighted by Gasteiger charge is 2.18. The highest BCUT2D eigenvalue weighted by atomic mass is 35.5. The van der Waals surface area contributed by atoms with Gasteiger partial charge in [-0.1, -0.05) is 37.1 Å². The number of halogens is 1. The molecule has 150 valence electrons. The quantitative estimate of drug-likeness (QED) is 0.465. The monoisotopic (exact) mass is 404 g/mol. The SMILES string of the molecule is CCCCc1nc(Cl)c(CC(=O)OCC)c(Cc2ccc(C(=O)OC)cc2)n1. The number of aryl methyl sites for hydroxylation is 1. The normalized spacial score (nSPS) is 10.6. The Morgan fingerprint density at radius 2 is 1.82 bits per heavy atom. The number of hydrogen-bond donors (Lipinski definition) is 0. The number of aromatic nitrogens is 2. The first-order chi connectivity index (χ1) is 13.5. The van der Waals surface area contributed by atoms with E-state index in [-0.39, 0.29) is 23.5 Å². The lowest BCUT2D eigenvalue weighted by Gasteiger charge is -2.12. The van der Waals surface area contributed by atoms with Crippen molar-refractivity contribution in [2.75, 3.05) is 13.7 Å². The predicted molar refractivity (Wildman–Crippen MR) is 107 cm³/mol. The summed E-state index contributed by atoms with van der Waals surface area (Å²) in [6, 6.07) is 7.07. The second-order valence-corrected chi connectivity index (χ2v) is 6.66. The number of unbranched alkanes of at least 4 members (excludes halogenated alkanes) is 1. The smallest absolute Gasteiger partial charge is 0.337 e. The van der Waals surface area contributed by atoms with Crippen molar-refractivity contribution in [3.05, 3.63) is 57.6 Å². The largest absolute Gasteiger partial charge is 0.466 e. The van der Waals surface area contributed by atoms with Crippen LogP contribution in [0, 0.1) is 0 Å². The second-order valence-electron chi connectivity index (χ2n) is 6.31. The van der Waals surface area contributed by atoms with Crippen molar-refractivity contribution in [3.8, 4) is 0 Å². The topological polar surface area (TPSA) is 78.4 Å². The molecule has 7 heteroatoms. The molecule has 1 aromatic heterocycles. The molecular formula is C21H25ClN2O4. The molecule has 0 unspecified atom stereocenters. The summed E-state index contributed by atoms with van der Waals surface area (Å²) in [6.45, 7) is 4.16. The van der Waals surface area contributed by atoms with E-state index in [4.69, 9.17) is 21.1 Å². The summed E-state index contributed by atoms with van der Waals surface area (Å²) in [5.74, 6) is -0.0845. The van der Waals surface area contributed by atoms with Gasteiger partial charge in [0.1, 0.15) is 11.0 Å². The van der Waals surface area contributed by atoms with Gasteiger partial charge >= 0.3 is 11.9 Å². The van der Waals surface area contributed by atoms with Gasteiger partial charge in [-0.2, -0.15) is 0 Å². The van der Waals surface area contributed by atoms with E-state index in [2.05, 4.69) is 16.9 Å². The first kappa shape index (κ1) is 21.8. The summed E-state index contributed by atoms with van der Waals surface area (Å²) in [7, 11) is 1.35. The van der Waals surface area contributed by atoms with Crippen LogP contribution in [-0.4, -0.2) is 35.6 Å². The van der Waals surface area contributed by atoms with Crippen molar-refractivity contribution in [1.29, 1.82) is 0 Å². The number of hydrogen-bond acceptors (Lipinski definition) is 6. The fourth-order valence-electron chi connectivity index (χ4n) is 2.74. The van der Waals surface area contributed by atoms with Gasteiger partial charge < -0.3 is 9.47 Å². The minimum atomic E-state index is -0.388. The molecule has 6 nitrogen and oxygen atoms in total. The lowest BCUT2D eigenvalue weighted by Crippen LogP contribution is -2.13. The highest BCUT2D eigenvalue weighted by molar-refractivity contribution is 6.30. The van der Waals surface area contributed by atoms with E-state index in [0.717, 1.165) is 24.8 Å². The molecule has 28 heavy (non-hydrogen) atoms. The number of methoxy groups -OCH3 is 1. The Balaban J connectivity index is 2.33. The molecule has 1 aromatic carbocycles. The number of carbonyl (C=O) groups is 2. The highest BCUT2D eigenvalue weighted by Crippen LogP contribution is 2.22. The van der Waals surface area contributed by atoms with Crippen LogP contribution in [-0.2, 0) is 33.5 Å². The summed E-state index contributed by atoms with van der Waals surface area (Å²) < 4.78 is 9.77. The number of ether oxygens (including phenoxy) is 2. The van der Waals surface area contributed by atoms with Crippen LogP contribution in [0.1, 0.15) is 59.7 Å². The third-order valence-electron chi connectivity index (χ3n) is 4.22. The van der Waals surface area contributed by atoms with Crippen molar-refractivity contribution >= 4 is 23.5 Å². The molecule has 0 aliphatic rings. The Hall–Kier alpha value is -2.47. The molecule has 0 aliphatic heterocycles. The number of carbonyl (C=O) groups excluding carboxylic acids is 2. The maximum Gasteiger partial charge on any atom is 0.337 e. The van der Waals surface area contributed by atoms with Gasteiger partial charge in [-0.15, -0.1) is 0 Å². The molecule has 0 fully saturated rings. The Labute approximate surface area is 170 Å². The van der Waals surface area contributed by atoms with E-state index in [0.29, 0.717) is 35.7 Å². The summed E-state index contributed by atoms with van der Waals surface area (Å²) in [6.07, 6.45) is 3.20. The van der Waals surface area contributed by atoms with Crippen LogP contribution >= 0.6 is 11.6 Å². The Morgan fingerprint density at radius 3 is 2.43 bits per heavy atom. The maximum atomic E-state index is 12.0. The predicted octanol–water partition coefficient (Wildman–Crippen LogP) is 3.96. The van der Waals surface area contributed by atoms with E-state index in [9.17, 15) is 9.59 Å². The summed E-state index contributed by atoms with van der Waals surface area (Å²) in [5.41, 5.74) is 2.69. The lowest BCUT2D eigenvalue weighted by molar-refractivity contribution is -0.142. The molecule has 0 bridgehead atoms. The number of benzene rings is 1. The van der Waals surface area contributed by atoms with Gasteiger partial charge in [0.05, 0.1) is 31.4 Å². The Morgan fingerprint density at radius 1 is 1.11 bits per heavy atom. The minimum absolute atomic E-state index is 0.0241. The third-order valence-corrected chi connectivity index (χ3v) is 4.53. The molecule has 2 aromatic rings. The van der Waals surface area contributed by atoms with E-state index < -0.39 is 0 Å². The average Bonchev–Trinajstić information content (AvgIpc) is 2.69. The molecule has 0 spiro atoms. The molecule has 1 heterocycles. The zero-order chi connectivity index (χ0) is 20.5.